The minimum Gasteiger partial charge on any atom is -0.316 e. The highest BCUT2D eigenvalue weighted by Crippen LogP contribution is 2.38. The molecule has 0 amide bonds. The maximum absolute atomic E-state index is 6.03. The monoisotopic (exact) mass is 241 g/mol. The van der Waals surface area contributed by atoms with E-state index >= 15 is 0 Å². The van der Waals surface area contributed by atoms with Crippen LogP contribution in [0.5, 0.6) is 0 Å². The van der Waals surface area contributed by atoms with E-state index in [4.69, 9.17) is 11.6 Å². The van der Waals surface area contributed by atoms with E-state index in [2.05, 4.69) is 22.0 Å². The lowest BCUT2D eigenvalue weighted by Crippen LogP contribution is -2.37. The molecule has 0 aliphatic heterocycles. The summed E-state index contributed by atoms with van der Waals surface area (Å²) in [5.74, 6) is 0.724. The van der Waals surface area contributed by atoms with Gasteiger partial charge in [0.05, 0.1) is 16.8 Å². The molecule has 2 rings (SSSR count). The summed E-state index contributed by atoms with van der Waals surface area (Å²) in [6.07, 6.45) is 5.70. The van der Waals surface area contributed by atoms with Crippen LogP contribution in [0.25, 0.3) is 0 Å². The fourth-order valence-electron chi connectivity index (χ4n) is 2.23. The molecule has 1 fully saturated rings. The van der Waals surface area contributed by atoms with Gasteiger partial charge >= 0.3 is 0 Å². The average molecular weight is 242 g/mol. The van der Waals surface area contributed by atoms with E-state index in [1.807, 2.05) is 13.1 Å². The van der Waals surface area contributed by atoms with Gasteiger partial charge in [-0.25, -0.2) is 0 Å². The van der Waals surface area contributed by atoms with Crippen molar-refractivity contribution >= 4 is 11.6 Å². The molecular formula is C12H20ClN3. The first-order valence-electron chi connectivity index (χ1n) is 6.14. The normalized spacial score (nSPS) is 24.4. The van der Waals surface area contributed by atoms with Crippen molar-refractivity contribution in [3.05, 3.63) is 16.9 Å². The van der Waals surface area contributed by atoms with Gasteiger partial charge in [0.1, 0.15) is 0 Å². The molecule has 2 unspecified atom stereocenters. The van der Waals surface area contributed by atoms with E-state index in [0.717, 1.165) is 29.7 Å². The van der Waals surface area contributed by atoms with E-state index in [1.54, 1.807) is 0 Å². The second-order valence-electron chi connectivity index (χ2n) is 4.65. The quantitative estimate of drug-likeness (QED) is 0.804. The van der Waals surface area contributed by atoms with E-state index in [0.29, 0.717) is 6.04 Å². The molecule has 1 aliphatic carbocycles. The second kappa shape index (κ2) is 5.19. The Morgan fingerprint density at radius 1 is 1.56 bits per heavy atom. The van der Waals surface area contributed by atoms with E-state index in [-0.39, 0.29) is 0 Å². The summed E-state index contributed by atoms with van der Waals surface area (Å²) in [6, 6.07) is 0.551. The molecule has 1 heterocycles. The fraction of sp³-hybridized carbons (Fsp3) is 0.750. The molecule has 1 saturated carbocycles. The lowest BCUT2D eigenvalue weighted by molar-refractivity contribution is 0.163. The highest BCUT2D eigenvalue weighted by molar-refractivity contribution is 6.31. The fourth-order valence-corrected chi connectivity index (χ4v) is 2.37. The molecular weight excluding hydrogens is 222 g/mol. The maximum atomic E-state index is 6.03. The van der Waals surface area contributed by atoms with Gasteiger partial charge in [0.2, 0.25) is 0 Å². The number of rotatable bonds is 5. The molecule has 4 heteroatoms. The SMILES string of the molecule is CCCNCC1CCC1n1cc(Cl)c(C)n1. The summed E-state index contributed by atoms with van der Waals surface area (Å²) in [6.45, 7) is 6.38. The molecule has 0 aromatic carbocycles. The molecule has 90 valence electrons. The van der Waals surface area contributed by atoms with Crippen molar-refractivity contribution in [2.24, 2.45) is 5.92 Å². The van der Waals surface area contributed by atoms with E-state index in [1.165, 1.54) is 19.3 Å². The Morgan fingerprint density at radius 3 is 2.88 bits per heavy atom. The average Bonchev–Trinajstić information content (AvgIpc) is 2.52. The van der Waals surface area contributed by atoms with Crippen LogP contribution in [-0.4, -0.2) is 22.9 Å². The summed E-state index contributed by atoms with van der Waals surface area (Å²) in [7, 11) is 0. The number of halogens is 1. The van der Waals surface area contributed by atoms with Crippen molar-refractivity contribution in [3.8, 4) is 0 Å². The zero-order valence-electron chi connectivity index (χ0n) is 10.0. The van der Waals surface area contributed by atoms with Gasteiger partial charge < -0.3 is 5.32 Å². The zero-order valence-corrected chi connectivity index (χ0v) is 10.8. The van der Waals surface area contributed by atoms with Crippen molar-refractivity contribution in [1.82, 2.24) is 15.1 Å². The topological polar surface area (TPSA) is 29.9 Å². The molecule has 16 heavy (non-hydrogen) atoms. The number of nitrogens with zero attached hydrogens (tertiary/aromatic N) is 2. The molecule has 0 spiro atoms. The van der Waals surface area contributed by atoms with Gasteiger partial charge in [0.25, 0.3) is 0 Å². The minimum atomic E-state index is 0.551. The maximum Gasteiger partial charge on any atom is 0.0815 e. The van der Waals surface area contributed by atoms with Crippen molar-refractivity contribution < 1.29 is 0 Å². The van der Waals surface area contributed by atoms with Gasteiger partial charge in [-0.2, -0.15) is 5.10 Å². The van der Waals surface area contributed by atoms with Crippen LogP contribution in [0.3, 0.4) is 0 Å². The van der Waals surface area contributed by atoms with E-state index in [9.17, 15) is 0 Å². The Kier molecular flexibility index (Phi) is 3.87. The van der Waals surface area contributed by atoms with Gasteiger partial charge in [0.15, 0.2) is 0 Å². The van der Waals surface area contributed by atoms with Crippen molar-refractivity contribution in [2.45, 2.75) is 39.2 Å². The first-order chi connectivity index (χ1) is 7.72. The molecule has 0 radical (unpaired) electrons. The lowest BCUT2D eigenvalue weighted by Gasteiger charge is -2.36. The summed E-state index contributed by atoms with van der Waals surface area (Å²) in [4.78, 5) is 0. The van der Waals surface area contributed by atoms with Gasteiger partial charge in [-0.1, -0.05) is 18.5 Å². The van der Waals surface area contributed by atoms with Gasteiger partial charge in [-0.15, -0.1) is 0 Å². The predicted molar refractivity (Wildman–Crippen MR) is 66.9 cm³/mol. The Bertz CT molecular complexity index is 329. The summed E-state index contributed by atoms with van der Waals surface area (Å²) in [5, 5.41) is 8.74. The van der Waals surface area contributed by atoms with Crippen molar-refractivity contribution in [1.29, 1.82) is 0 Å². The highest BCUT2D eigenvalue weighted by atomic mass is 35.5. The van der Waals surface area contributed by atoms with Gasteiger partial charge in [-0.3, -0.25) is 4.68 Å². The molecule has 1 aliphatic rings. The molecule has 1 N–H and O–H groups in total. The third-order valence-corrected chi connectivity index (χ3v) is 3.78. The van der Waals surface area contributed by atoms with Gasteiger partial charge in [-0.05, 0) is 45.2 Å². The van der Waals surface area contributed by atoms with Crippen molar-refractivity contribution in [2.75, 3.05) is 13.1 Å². The van der Waals surface area contributed by atoms with Crippen LogP contribution in [0.15, 0.2) is 6.20 Å². The van der Waals surface area contributed by atoms with Gasteiger partial charge in [0, 0.05) is 6.20 Å². The Hall–Kier alpha value is -0.540. The zero-order chi connectivity index (χ0) is 11.5. The second-order valence-corrected chi connectivity index (χ2v) is 5.06. The lowest BCUT2D eigenvalue weighted by atomic mass is 9.79. The Balaban J connectivity index is 1.90. The third-order valence-electron chi connectivity index (χ3n) is 3.41. The molecule has 0 bridgehead atoms. The minimum absolute atomic E-state index is 0.551. The van der Waals surface area contributed by atoms with Crippen LogP contribution >= 0.6 is 11.6 Å². The van der Waals surface area contributed by atoms with Crippen LogP contribution in [0.4, 0.5) is 0 Å². The summed E-state index contributed by atoms with van der Waals surface area (Å²) < 4.78 is 2.06. The number of aryl methyl sites for hydroxylation is 1. The number of nitrogens with one attached hydrogen (secondary N) is 1. The molecule has 1 aromatic rings. The first-order valence-corrected chi connectivity index (χ1v) is 6.52. The smallest absolute Gasteiger partial charge is 0.0815 e. The van der Waals surface area contributed by atoms with Crippen LogP contribution in [0.2, 0.25) is 5.02 Å². The summed E-state index contributed by atoms with van der Waals surface area (Å²) in [5.41, 5.74) is 0.939. The number of aromatic nitrogens is 2. The van der Waals surface area contributed by atoms with E-state index < -0.39 is 0 Å². The standard InChI is InChI=1S/C12H20ClN3/c1-3-6-14-7-10-4-5-12(10)16-8-11(13)9(2)15-16/h8,10,12,14H,3-7H2,1-2H3. The summed E-state index contributed by atoms with van der Waals surface area (Å²) >= 11 is 6.03. The molecule has 1 aromatic heterocycles. The Morgan fingerprint density at radius 2 is 2.38 bits per heavy atom. The molecule has 2 atom stereocenters. The first kappa shape index (κ1) is 11.9. The van der Waals surface area contributed by atoms with Crippen molar-refractivity contribution in [3.63, 3.8) is 0 Å². The highest BCUT2D eigenvalue weighted by Gasteiger charge is 2.32. The molecule has 3 nitrogen and oxygen atoms in total. The van der Waals surface area contributed by atoms with Crippen LogP contribution < -0.4 is 5.32 Å². The number of hydrogen-bond donors (Lipinski definition) is 1. The Labute approximate surface area is 102 Å². The largest absolute Gasteiger partial charge is 0.316 e. The van der Waals surface area contributed by atoms with Crippen LogP contribution in [0.1, 0.15) is 37.9 Å². The van der Waals surface area contributed by atoms with Crippen LogP contribution in [-0.2, 0) is 0 Å². The third kappa shape index (κ3) is 2.41. The number of hydrogen-bond acceptors (Lipinski definition) is 2. The predicted octanol–water partition coefficient (Wildman–Crippen LogP) is 2.80. The molecule has 0 saturated heterocycles. The van der Waals surface area contributed by atoms with Crippen LogP contribution in [0, 0.1) is 12.8 Å².